The van der Waals surface area contributed by atoms with Gasteiger partial charge in [0.15, 0.2) is 0 Å². The zero-order chi connectivity index (χ0) is 13.0. The highest BCUT2D eigenvalue weighted by atomic mass is 16.2. The number of nitrogens with one attached hydrogen (secondary N) is 2. The second-order valence-corrected chi connectivity index (χ2v) is 4.30. The molecule has 4 N–H and O–H groups in total. The Kier molecular flexibility index (Phi) is 4.42. The van der Waals surface area contributed by atoms with Gasteiger partial charge in [-0.25, -0.2) is 15.8 Å². The highest BCUT2D eigenvalue weighted by Gasteiger charge is 2.11. The molecular weight excluding hydrogens is 218 g/mol. The van der Waals surface area contributed by atoms with E-state index < -0.39 is 0 Å². The predicted octanol–water partition coefficient (Wildman–Crippen LogP) is 0.697. The Hall–Kier alpha value is -1.66. The second-order valence-electron chi connectivity index (χ2n) is 4.30. The summed E-state index contributed by atoms with van der Waals surface area (Å²) in [5.41, 5.74) is 6.50. The smallest absolute Gasteiger partial charge is 0.265 e. The van der Waals surface area contributed by atoms with Gasteiger partial charge in [-0.2, -0.15) is 0 Å². The van der Waals surface area contributed by atoms with E-state index in [4.69, 9.17) is 5.84 Å². The third-order valence-corrected chi connectivity index (χ3v) is 2.17. The summed E-state index contributed by atoms with van der Waals surface area (Å²) in [6, 6.07) is 3.38. The maximum atomic E-state index is 11.8. The summed E-state index contributed by atoms with van der Waals surface area (Å²) in [6.07, 6.45) is 0. The lowest BCUT2D eigenvalue weighted by Gasteiger charge is -2.14. The maximum Gasteiger partial charge on any atom is 0.265 e. The van der Waals surface area contributed by atoms with E-state index in [-0.39, 0.29) is 11.8 Å². The first-order valence-corrected chi connectivity index (χ1v) is 5.41. The van der Waals surface area contributed by atoms with Gasteiger partial charge in [-0.05, 0) is 18.1 Å². The number of hydrogen-bond donors (Lipinski definition) is 3. The molecule has 1 rings (SSSR count). The van der Waals surface area contributed by atoms with Crippen LogP contribution in [-0.4, -0.2) is 30.0 Å². The van der Waals surface area contributed by atoms with E-state index in [1.54, 1.807) is 31.2 Å². The molecule has 94 valence electrons. The molecule has 0 aliphatic heterocycles. The molecule has 1 aromatic heterocycles. The van der Waals surface area contributed by atoms with Crippen LogP contribution in [0.5, 0.6) is 0 Å². The average Bonchev–Trinajstić information content (AvgIpc) is 2.27. The molecule has 6 nitrogen and oxygen atoms in total. The molecule has 0 saturated carbocycles. The van der Waals surface area contributed by atoms with Gasteiger partial charge in [0.2, 0.25) is 0 Å². The summed E-state index contributed by atoms with van der Waals surface area (Å²) >= 11 is 0. The minimum absolute atomic E-state index is 0.184. The minimum atomic E-state index is -0.184. The zero-order valence-electron chi connectivity index (χ0n) is 10.6. The Balaban J connectivity index is 3.06. The Morgan fingerprint density at radius 2 is 2.06 bits per heavy atom. The number of hydrazine groups is 2. The number of nitrogens with two attached hydrogens (primary N) is 1. The molecule has 0 aromatic carbocycles. The molecule has 1 heterocycles. The number of nitrogen functional groups attached to an aromatic ring is 1. The molecule has 17 heavy (non-hydrogen) atoms. The Morgan fingerprint density at radius 3 is 2.53 bits per heavy atom. The molecular formula is C11H19N5O. The summed E-state index contributed by atoms with van der Waals surface area (Å²) in [7, 11) is 3.51. The fourth-order valence-corrected chi connectivity index (χ4v) is 1.32. The third kappa shape index (κ3) is 3.69. The van der Waals surface area contributed by atoms with E-state index in [2.05, 4.69) is 15.8 Å². The molecule has 0 fully saturated rings. The summed E-state index contributed by atoms with van der Waals surface area (Å²) in [6.45, 7) is 4.02. The van der Waals surface area contributed by atoms with Crippen molar-refractivity contribution >= 4 is 11.7 Å². The summed E-state index contributed by atoms with van der Waals surface area (Å²) < 4.78 is 0. The van der Waals surface area contributed by atoms with E-state index >= 15 is 0 Å². The number of anilines is 1. The first kappa shape index (κ1) is 13.4. The lowest BCUT2D eigenvalue weighted by Crippen LogP contribution is -2.36. The lowest BCUT2D eigenvalue weighted by atomic mass is 10.1. The van der Waals surface area contributed by atoms with E-state index in [0.29, 0.717) is 11.4 Å². The molecule has 0 spiro atoms. The van der Waals surface area contributed by atoms with Crippen molar-refractivity contribution in [3.63, 3.8) is 0 Å². The van der Waals surface area contributed by atoms with Gasteiger partial charge in [-0.3, -0.25) is 10.2 Å². The van der Waals surface area contributed by atoms with Gasteiger partial charge >= 0.3 is 0 Å². The van der Waals surface area contributed by atoms with Gasteiger partial charge in [-0.1, -0.05) is 13.8 Å². The predicted molar refractivity (Wildman–Crippen MR) is 67.3 cm³/mol. The quantitative estimate of drug-likeness (QED) is 0.530. The van der Waals surface area contributed by atoms with Crippen molar-refractivity contribution in [2.75, 3.05) is 19.5 Å². The van der Waals surface area contributed by atoms with Gasteiger partial charge in [0.1, 0.15) is 5.82 Å². The van der Waals surface area contributed by atoms with Gasteiger partial charge in [0.05, 0.1) is 0 Å². The first-order chi connectivity index (χ1) is 7.93. The molecule has 0 aliphatic carbocycles. The lowest BCUT2D eigenvalue weighted by molar-refractivity contribution is 0.0856. The van der Waals surface area contributed by atoms with Crippen molar-refractivity contribution in [2.24, 2.45) is 5.84 Å². The Bertz CT molecular complexity index is 403. The van der Waals surface area contributed by atoms with Gasteiger partial charge in [-0.15, -0.1) is 0 Å². The molecule has 6 heteroatoms. The number of carbonyl (C=O) groups excluding carboxylic acids is 1. The molecule has 0 radical (unpaired) electrons. The zero-order valence-corrected chi connectivity index (χ0v) is 10.6. The van der Waals surface area contributed by atoms with Crippen LogP contribution in [0.3, 0.4) is 0 Å². The number of rotatable bonds is 4. The number of carbonyl (C=O) groups is 1. The molecule has 0 bridgehead atoms. The average molecular weight is 237 g/mol. The van der Waals surface area contributed by atoms with Gasteiger partial charge in [0.25, 0.3) is 5.91 Å². The molecule has 0 unspecified atom stereocenters. The number of nitrogens with zero attached hydrogens (tertiary/aromatic N) is 2. The molecule has 0 aliphatic rings. The Labute approximate surface area is 101 Å². The van der Waals surface area contributed by atoms with Crippen molar-refractivity contribution < 1.29 is 4.79 Å². The summed E-state index contributed by atoms with van der Waals surface area (Å²) in [5, 5.41) is 1.59. The largest absolute Gasteiger partial charge is 0.308 e. The SMILES string of the molecule is CC(C)c1cc(C(=O)NN(C)C)cc(NN)n1. The molecule has 0 atom stereocenters. The van der Waals surface area contributed by atoms with Crippen LogP contribution in [0.1, 0.15) is 35.8 Å². The number of pyridine rings is 1. The van der Waals surface area contributed by atoms with Crippen LogP contribution in [0.15, 0.2) is 12.1 Å². The van der Waals surface area contributed by atoms with Crippen LogP contribution in [0.4, 0.5) is 5.82 Å². The van der Waals surface area contributed by atoms with Crippen LogP contribution in [0.25, 0.3) is 0 Å². The van der Waals surface area contributed by atoms with Crippen LogP contribution in [-0.2, 0) is 0 Å². The van der Waals surface area contributed by atoms with Crippen molar-refractivity contribution in [1.29, 1.82) is 0 Å². The standard InChI is InChI=1S/C11H19N5O/c1-7(2)9-5-8(6-10(13-9)14-12)11(17)15-16(3)4/h5-7H,12H2,1-4H3,(H,13,14)(H,15,17). The van der Waals surface area contributed by atoms with Gasteiger partial charge < -0.3 is 5.43 Å². The van der Waals surface area contributed by atoms with Crippen molar-refractivity contribution in [3.05, 3.63) is 23.4 Å². The van der Waals surface area contributed by atoms with Crippen LogP contribution < -0.4 is 16.7 Å². The topological polar surface area (TPSA) is 83.3 Å². The number of amides is 1. The normalized spacial score (nSPS) is 10.8. The fourth-order valence-electron chi connectivity index (χ4n) is 1.32. The molecule has 0 saturated heterocycles. The summed E-state index contributed by atoms with van der Waals surface area (Å²) in [4.78, 5) is 16.1. The van der Waals surface area contributed by atoms with E-state index in [9.17, 15) is 4.79 Å². The minimum Gasteiger partial charge on any atom is -0.308 e. The second kappa shape index (κ2) is 5.60. The van der Waals surface area contributed by atoms with Crippen molar-refractivity contribution in [1.82, 2.24) is 15.4 Å². The molecule has 1 aromatic rings. The number of hydrogen-bond acceptors (Lipinski definition) is 5. The van der Waals surface area contributed by atoms with E-state index in [1.807, 2.05) is 13.8 Å². The maximum absolute atomic E-state index is 11.8. The monoisotopic (exact) mass is 237 g/mol. The van der Waals surface area contributed by atoms with Crippen LogP contribution in [0.2, 0.25) is 0 Å². The Morgan fingerprint density at radius 1 is 1.41 bits per heavy atom. The van der Waals surface area contributed by atoms with Gasteiger partial charge in [0, 0.05) is 25.4 Å². The van der Waals surface area contributed by atoms with E-state index in [0.717, 1.165) is 5.69 Å². The molecule has 1 amide bonds. The first-order valence-electron chi connectivity index (χ1n) is 5.41. The number of aromatic nitrogens is 1. The van der Waals surface area contributed by atoms with Crippen molar-refractivity contribution in [3.8, 4) is 0 Å². The third-order valence-electron chi connectivity index (χ3n) is 2.17. The van der Waals surface area contributed by atoms with Crippen molar-refractivity contribution in [2.45, 2.75) is 19.8 Å². The van der Waals surface area contributed by atoms with Crippen LogP contribution >= 0.6 is 0 Å². The van der Waals surface area contributed by atoms with Crippen LogP contribution in [0, 0.1) is 0 Å². The summed E-state index contributed by atoms with van der Waals surface area (Å²) in [5.74, 6) is 5.87. The van der Waals surface area contributed by atoms with E-state index in [1.165, 1.54) is 0 Å². The fraction of sp³-hybridized carbons (Fsp3) is 0.455. The highest BCUT2D eigenvalue weighted by molar-refractivity contribution is 5.94. The highest BCUT2D eigenvalue weighted by Crippen LogP contribution is 2.17.